The van der Waals surface area contributed by atoms with Crippen molar-refractivity contribution in [2.45, 2.75) is 13.5 Å². The summed E-state index contributed by atoms with van der Waals surface area (Å²) in [6, 6.07) is 18.3. The lowest BCUT2D eigenvalue weighted by atomic mass is 10.1. The molecule has 2 aromatic carbocycles. The van der Waals surface area contributed by atoms with Gasteiger partial charge in [-0.1, -0.05) is 48.0 Å². The minimum Gasteiger partial charge on any atom is -0.486 e. The highest BCUT2D eigenvalue weighted by molar-refractivity contribution is 5.32. The molecule has 0 atom stereocenters. The third-order valence-electron chi connectivity index (χ3n) is 3.07. The fourth-order valence-corrected chi connectivity index (χ4v) is 2.07. The van der Waals surface area contributed by atoms with Crippen LogP contribution in [0.4, 0.5) is 0 Å². The molecule has 0 radical (unpaired) electrons. The summed E-state index contributed by atoms with van der Waals surface area (Å²) in [5.74, 6) is 0.773. The maximum Gasteiger partial charge on any atom is 0.158 e. The Morgan fingerprint density at radius 2 is 1.90 bits per heavy atom. The molecule has 20 heavy (non-hydrogen) atoms. The third-order valence-corrected chi connectivity index (χ3v) is 3.07. The van der Waals surface area contributed by atoms with Gasteiger partial charge in [0.05, 0.1) is 18.1 Å². The van der Waals surface area contributed by atoms with Gasteiger partial charge in [0.2, 0.25) is 0 Å². The summed E-state index contributed by atoms with van der Waals surface area (Å²) in [6.07, 6.45) is 3.63. The Morgan fingerprint density at radius 1 is 1.05 bits per heavy atom. The second-order valence-electron chi connectivity index (χ2n) is 4.73. The fraction of sp³-hybridized carbons (Fsp3) is 0.118. The molecule has 1 heterocycles. The SMILES string of the molecule is Cc1cccc(COc2cnn(-c3ccccc3)c2)c1. The molecule has 3 heteroatoms. The monoisotopic (exact) mass is 264 g/mol. The van der Waals surface area contributed by atoms with E-state index in [0.717, 1.165) is 17.0 Å². The number of para-hydroxylation sites is 1. The number of hydrogen-bond donors (Lipinski definition) is 0. The molecule has 0 spiro atoms. The Balaban J connectivity index is 1.69. The predicted molar refractivity (Wildman–Crippen MR) is 79.1 cm³/mol. The van der Waals surface area contributed by atoms with Crippen LogP contribution in [0.5, 0.6) is 5.75 Å². The normalized spacial score (nSPS) is 10.4. The van der Waals surface area contributed by atoms with Crippen molar-refractivity contribution < 1.29 is 4.74 Å². The molecule has 0 amide bonds. The first-order chi connectivity index (χ1) is 9.81. The average Bonchev–Trinajstić information content (AvgIpc) is 2.95. The highest BCUT2D eigenvalue weighted by Crippen LogP contribution is 2.15. The summed E-state index contributed by atoms with van der Waals surface area (Å²) >= 11 is 0. The van der Waals surface area contributed by atoms with E-state index in [0.29, 0.717) is 6.61 Å². The van der Waals surface area contributed by atoms with E-state index in [2.05, 4.69) is 30.2 Å². The van der Waals surface area contributed by atoms with Crippen LogP contribution >= 0.6 is 0 Å². The van der Waals surface area contributed by atoms with Crippen molar-refractivity contribution in [3.8, 4) is 11.4 Å². The molecular formula is C17H16N2O. The third kappa shape index (κ3) is 2.88. The van der Waals surface area contributed by atoms with Gasteiger partial charge in [-0.2, -0.15) is 5.10 Å². The molecule has 3 nitrogen and oxygen atoms in total. The van der Waals surface area contributed by atoms with Gasteiger partial charge in [-0.15, -0.1) is 0 Å². The van der Waals surface area contributed by atoms with Crippen LogP contribution in [0.2, 0.25) is 0 Å². The van der Waals surface area contributed by atoms with Gasteiger partial charge in [0.25, 0.3) is 0 Å². The van der Waals surface area contributed by atoms with E-state index in [4.69, 9.17) is 4.74 Å². The van der Waals surface area contributed by atoms with E-state index >= 15 is 0 Å². The van der Waals surface area contributed by atoms with Crippen molar-refractivity contribution >= 4 is 0 Å². The highest BCUT2D eigenvalue weighted by Gasteiger charge is 2.02. The number of ether oxygens (including phenoxy) is 1. The summed E-state index contributed by atoms with van der Waals surface area (Å²) in [6.45, 7) is 2.64. The lowest BCUT2D eigenvalue weighted by molar-refractivity contribution is 0.306. The van der Waals surface area contributed by atoms with Crippen LogP contribution in [-0.2, 0) is 6.61 Å². The number of hydrogen-bond acceptors (Lipinski definition) is 2. The molecule has 0 aliphatic heterocycles. The minimum absolute atomic E-state index is 0.558. The second kappa shape index (κ2) is 5.61. The summed E-state index contributed by atoms with van der Waals surface area (Å²) < 4.78 is 7.58. The highest BCUT2D eigenvalue weighted by atomic mass is 16.5. The second-order valence-corrected chi connectivity index (χ2v) is 4.73. The van der Waals surface area contributed by atoms with E-state index in [1.165, 1.54) is 5.56 Å². The van der Waals surface area contributed by atoms with Gasteiger partial charge < -0.3 is 4.74 Å². The lowest BCUT2D eigenvalue weighted by Gasteiger charge is -2.04. The van der Waals surface area contributed by atoms with Crippen LogP contribution in [0.25, 0.3) is 5.69 Å². The van der Waals surface area contributed by atoms with E-state index < -0.39 is 0 Å². The molecule has 100 valence electrons. The Hall–Kier alpha value is -2.55. The molecule has 0 aliphatic rings. The van der Waals surface area contributed by atoms with Crippen molar-refractivity contribution in [1.29, 1.82) is 0 Å². The molecule has 0 N–H and O–H groups in total. The Labute approximate surface area is 118 Å². The molecule has 3 rings (SSSR count). The Bertz CT molecular complexity index is 689. The Morgan fingerprint density at radius 3 is 2.70 bits per heavy atom. The molecule has 0 fully saturated rings. The van der Waals surface area contributed by atoms with Gasteiger partial charge in [0.15, 0.2) is 5.75 Å². The molecule has 0 unspecified atom stereocenters. The summed E-state index contributed by atoms with van der Waals surface area (Å²) in [5, 5.41) is 4.31. The van der Waals surface area contributed by atoms with Crippen molar-refractivity contribution in [3.05, 3.63) is 78.1 Å². The lowest BCUT2D eigenvalue weighted by Crippen LogP contribution is -1.95. The van der Waals surface area contributed by atoms with Crippen LogP contribution in [0, 0.1) is 6.92 Å². The molecule has 0 saturated heterocycles. The number of nitrogens with zero attached hydrogens (tertiary/aromatic N) is 2. The maximum absolute atomic E-state index is 5.77. The van der Waals surface area contributed by atoms with Crippen LogP contribution in [0.3, 0.4) is 0 Å². The molecule has 1 aromatic heterocycles. The van der Waals surface area contributed by atoms with Gasteiger partial charge >= 0.3 is 0 Å². The van der Waals surface area contributed by atoms with Gasteiger partial charge in [-0.05, 0) is 24.6 Å². The summed E-state index contributed by atoms with van der Waals surface area (Å²) in [4.78, 5) is 0. The van der Waals surface area contributed by atoms with Crippen LogP contribution in [0.15, 0.2) is 67.0 Å². The van der Waals surface area contributed by atoms with E-state index in [1.54, 1.807) is 6.20 Å². The van der Waals surface area contributed by atoms with Crippen LogP contribution < -0.4 is 4.74 Å². The molecule has 0 saturated carbocycles. The van der Waals surface area contributed by atoms with E-state index in [9.17, 15) is 0 Å². The topological polar surface area (TPSA) is 27.1 Å². The van der Waals surface area contributed by atoms with Gasteiger partial charge in [-0.25, -0.2) is 4.68 Å². The molecule has 0 aliphatic carbocycles. The van der Waals surface area contributed by atoms with E-state index in [1.807, 2.05) is 47.3 Å². The van der Waals surface area contributed by atoms with Gasteiger partial charge in [-0.3, -0.25) is 0 Å². The van der Waals surface area contributed by atoms with Crippen molar-refractivity contribution in [1.82, 2.24) is 9.78 Å². The first-order valence-corrected chi connectivity index (χ1v) is 6.60. The zero-order chi connectivity index (χ0) is 13.8. The predicted octanol–water partition coefficient (Wildman–Crippen LogP) is 3.76. The first kappa shape index (κ1) is 12.5. The number of aromatic nitrogens is 2. The van der Waals surface area contributed by atoms with Crippen molar-refractivity contribution in [2.75, 3.05) is 0 Å². The molecular weight excluding hydrogens is 248 g/mol. The quantitative estimate of drug-likeness (QED) is 0.717. The zero-order valence-electron chi connectivity index (χ0n) is 11.4. The first-order valence-electron chi connectivity index (χ1n) is 6.60. The average molecular weight is 264 g/mol. The van der Waals surface area contributed by atoms with Gasteiger partial charge in [0, 0.05) is 0 Å². The van der Waals surface area contributed by atoms with E-state index in [-0.39, 0.29) is 0 Å². The summed E-state index contributed by atoms with van der Waals surface area (Å²) in [7, 11) is 0. The smallest absolute Gasteiger partial charge is 0.158 e. The number of benzene rings is 2. The Kier molecular flexibility index (Phi) is 3.50. The molecule has 0 bridgehead atoms. The van der Waals surface area contributed by atoms with Crippen molar-refractivity contribution in [2.24, 2.45) is 0 Å². The maximum atomic E-state index is 5.77. The zero-order valence-corrected chi connectivity index (χ0v) is 11.4. The molecule has 3 aromatic rings. The number of aryl methyl sites for hydroxylation is 1. The van der Waals surface area contributed by atoms with Crippen LogP contribution in [0.1, 0.15) is 11.1 Å². The van der Waals surface area contributed by atoms with Crippen molar-refractivity contribution in [3.63, 3.8) is 0 Å². The summed E-state index contributed by atoms with van der Waals surface area (Å²) in [5.41, 5.74) is 3.43. The number of rotatable bonds is 4. The van der Waals surface area contributed by atoms with Crippen LogP contribution in [-0.4, -0.2) is 9.78 Å². The van der Waals surface area contributed by atoms with Gasteiger partial charge in [0.1, 0.15) is 6.61 Å². The largest absolute Gasteiger partial charge is 0.486 e. The standard InChI is InChI=1S/C17H16N2O/c1-14-6-5-7-15(10-14)13-20-17-11-18-19(12-17)16-8-3-2-4-9-16/h2-12H,13H2,1H3. The minimum atomic E-state index is 0.558. The fourth-order valence-electron chi connectivity index (χ4n) is 2.07.